The molecule has 3 saturated carbocycles. The van der Waals surface area contributed by atoms with Gasteiger partial charge in [-0.05, 0) is 104 Å². The fourth-order valence-electron chi connectivity index (χ4n) is 9.01. The summed E-state index contributed by atoms with van der Waals surface area (Å²) in [5.41, 5.74) is 2.16. The predicted octanol–water partition coefficient (Wildman–Crippen LogP) is 7.39. The molecule has 5 nitrogen and oxygen atoms in total. The lowest BCUT2D eigenvalue weighted by atomic mass is 9.47. The predicted molar refractivity (Wildman–Crippen MR) is 145 cm³/mol. The molecule has 4 aliphatic carbocycles. The van der Waals surface area contributed by atoms with E-state index in [9.17, 15) is 26.4 Å². The number of hydrogen-bond donors (Lipinski definition) is 0. The Bertz CT molecular complexity index is 1260. The number of fused-ring (bicyclic) bond motifs is 5. The van der Waals surface area contributed by atoms with Crippen LogP contribution in [0, 0.1) is 47.3 Å². The van der Waals surface area contributed by atoms with E-state index < -0.39 is 28.4 Å². The number of esters is 1. The maximum atomic E-state index is 12.8. The first kappa shape index (κ1) is 29.6. The minimum absolute atomic E-state index is 0.0830. The van der Waals surface area contributed by atoms with Crippen molar-refractivity contribution in [1.82, 2.24) is 0 Å². The number of aryl methyl sites for hydroxylation is 1. The summed E-state index contributed by atoms with van der Waals surface area (Å²) in [6.07, 6.45) is 3.25. The van der Waals surface area contributed by atoms with Gasteiger partial charge in [-0.1, -0.05) is 50.1 Å². The minimum Gasteiger partial charge on any atom is -0.455 e. The molecule has 3 fully saturated rings. The Labute approximate surface area is 236 Å². The van der Waals surface area contributed by atoms with E-state index in [1.807, 2.05) is 6.92 Å². The number of carbonyl (C=O) groups excluding carboxylic acids is 1. The van der Waals surface area contributed by atoms with Crippen LogP contribution in [0.1, 0.15) is 77.7 Å². The second-order valence-electron chi connectivity index (χ2n) is 13.3. The number of ether oxygens (including phenoxy) is 1. The van der Waals surface area contributed by atoms with Crippen molar-refractivity contribution in [2.24, 2.45) is 40.4 Å². The third kappa shape index (κ3) is 5.25. The average molecular weight is 583 g/mol. The summed E-state index contributed by atoms with van der Waals surface area (Å²) in [5.74, 6) is -0.167. The number of carbonyl (C=O) groups is 1. The maximum absolute atomic E-state index is 12.8. The van der Waals surface area contributed by atoms with Crippen LogP contribution in [-0.2, 0) is 23.8 Å². The average Bonchev–Trinajstić information content (AvgIpc) is 3.24. The van der Waals surface area contributed by atoms with E-state index in [1.54, 1.807) is 24.3 Å². The molecule has 0 radical (unpaired) electrons. The highest BCUT2D eigenvalue weighted by molar-refractivity contribution is 7.86. The lowest BCUT2D eigenvalue weighted by Crippen LogP contribution is -2.51. The maximum Gasteiger partial charge on any atom is 0.490 e. The van der Waals surface area contributed by atoms with Crippen molar-refractivity contribution < 1.29 is 35.3 Å². The lowest BCUT2D eigenvalue weighted by Gasteiger charge is -2.58. The Hall–Kier alpha value is -1.87. The van der Waals surface area contributed by atoms with Gasteiger partial charge < -0.3 is 4.74 Å². The molecular weight excluding hydrogens is 541 g/mol. The summed E-state index contributed by atoms with van der Waals surface area (Å²) in [6, 6.07) is 6.71. The van der Waals surface area contributed by atoms with Gasteiger partial charge in [-0.2, -0.15) is 21.6 Å². The van der Waals surface area contributed by atoms with Crippen LogP contribution in [0.3, 0.4) is 0 Å². The summed E-state index contributed by atoms with van der Waals surface area (Å²) < 4.78 is 74.3. The summed E-state index contributed by atoms with van der Waals surface area (Å²) in [6.45, 7) is 8.83. The molecule has 4 aliphatic rings. The summed E-state index contributed by atoms with van der Waals surface area (Å²) in [7, 11) is -3.81. The molecule has 0 spiro atoms. The largest absolute Gasteiger partial charge is 0.490 e. The molecule has 40 heavy (non-hydrogen) atoms. The first-order valence-corrected chi connectivity index (χ1v) is 16.0. The molecule has 222 valence electrons. The van der Waals surface area contributed by atoms with Crippen molar-refractivity contribution in [3.63, 3.8) is 0 Å². The van der Waals surface area contributed by atoms with Crippen LogP contribution in [0.5, 0.6) is 0 Å². The smallest absolute Gasteiger partial charge is 0.455 e. The van der Waals surface area contributed by atoms with E-state index in [0.717, 1.165) is 49.7 Å². The lowest BCUT2D eigenvalue weighted by molar-refractivity contribution is -0.206. The zero-order valence-corrected chi connectivity index (χ0v) is 24.6. The van der Waals surface area contributed by atoms with Crippen molar-refractivity contribution in [2.45, 2.75) is 96.2 Å². The molecule has 1 aromatic rings. The molecule has 0 aliphatic heterocycles. The Morgan fingerprint density at radius 1 is 1.05 bits per heavy atom. The molecule has 0 unspecified atom stereocenters. The van der Waals surface area contributed by atoms with Crippen molar-refractivity contribution >= 4 is 16.1 Å². The number of rotatable bonds is 6. The van der Waals surface area contributed by atoms with Crippen molar-refractivity contribution in [1.29, 1.82) is 0 Å². The van der Waals surface area contributed by atoms with Crippen LogP contribution >= 0.6 is 0 Å². The molecule has 8 atom stereocenters. The van der Waals surface area contributed by atoms with E-state index in [0.29, 0.717) is 36.5 Å². The van der Waals surface area contributed by atoms with Gasteiger partial charge in [-0.3, -0.25) is 4.18 Å². The molecule has 0 bridgehead atoms. The van der Waals surface area contributed by atoms with Crippen LogP contribution in [0.15, 0.2) is 40.8 Å². The highest BCUT2D eigenvalue weighted by atomic mass is 32.2. The minimum atomic E-state index is -4.97. The van der Waals surface area contributed by atoms with E-state index in [1.165, 1.54) is 0 Å². The molecule has 0 heterocycles. The summed E-state index contributed by atoms with van der Waals surface area (Å²) in [5, 5.41) is 0. The van der Waals surface area contributed by atoms with Crippen LogP contribution in [-0.4, -0.2) is 33.3 Å². The SMILES string of the molecule is Cc1ccc(S(=O)(=O)OC[C@@H](C)[C@H]2CC[C@H]3[C@@H]4CC=C5C[C@@H](OC(=O)C(F)(F)F)CC[C@]5(C)[C@H]4CC[C@]23C)cc1. The Balaban J connectivity index is 1.25. The molecule has 0 aromatic heterocycles. The fourth-order valence-corrected chi connectivity index (χ4v) is 10.0. The highest BCUT2D eigenvalue weighted by Crippen LogP contribution is 2.67. The number of alkyl halides is 3. The van der Waals surface area contributed by atoms with E-state index in [4.69, 9.17) is 8.92 Å². The van der Waals surface area contributed by atoms with Gasteiger partial charge in [0.2, 0.25) is 0 Å². The topological polar surface area (TPSA) is 69.7 Å². The third-order valence-electron chi connectivity index (χ3n) is 11.1. The molecule has 5 rings (SSSR count). The summed E-state index contributed by atoms with van der Waals surface area (Å²) >= 11 is 0. The number of halogens is 3. The number of allylic oxidation sites excluding steroid dienone is 1. The molecule has 0 amide bonds. The normalized spacial score (nSPS) is 36.6. The quantitative estimate of drug-likeness (QED) is 0.199. The van der Waals surface area contributed by atoms with E-state index in [-0.39, 0.29) is 28.3 Å². The van der Waals surface area contributed by atoms with Crippen LogP contribution in [0.4, 0.5) is 13.2 Å². The van der Waals surface area contributed by atoms with Crippen molar-refractivity contribution in [2.75, 3.05) is 6.61 Å². The standard InChI is InChI=1S/C31H41F3O5S/c1-19-5-8-23(9-6-19)40(36,37)38-18-20(2)25-11-12-26-24-10-7-21-17-22(39-28(35)31(32,33)34)13-15-29(21,3)27(24)14-16-30(25,26)4/h5-9,20,22,24-27H,10-18H2,1-4H3/t20-,22+,24+,25-,26+,27+,29+,30-/m1/s1. The molecule has 9 heteroatoms. The van der Waals surface area contributed by atoms with Crippen molar-refractivity contribution in [3.05, 3.63) is 41.5 Å². The Morgan fingerprint density at radius 3 is 2.42 bits per heavy atom. The van der Waals surface area contributed by atoms with Gasteiger partial charge in [-0.25, -0.2) is 4.79 Å². The van der Waals surface area contributed by atoms with Crippen LogP contribution < -0.4 is 0 Å². The molecular formula is C31H41F3O5S. The van der Waals surface area contributed by atoms with Gasteiger partial charge in [0.15, 0.2) is 0 Å². The molecule has 0 saturated heterocycles. The highest BCUT2D eigenvalue weighted by Gasteiger charge is 2.59. The second kappa shape index (κ2) is 10.4. The van der Waals surface area contributed by atoms with Gasteiger partial charge in [0.25, 0.3) is 10.1 Å². The van der Waals surface area contributed by atoms with Gasteiger partial charge >= 0.3 is 12.1 Å². The van der Waals surface area contributed by atoms with Crippen LogP contribution in [0.25, 0.3) is 0 Å². The van der Waals surface area contributed by atoms with E-state index >= 15 is 0 Å². The number of hydrogen-bond acceptors (Lipinski definition) is 5. The van der Waals surface area contributed by atoms with Crippen LogP contribution in [0.2, 0.25) is 0 Å². The summed E-state index contributed by atoms with van der Waals surface area (Å²) in [4.78, 5) is 11.6. The Morgan fingerprint density at radius 2 is 1.75 bits per heavy atom. The van der Waals surface area contributed by atoms with Gasteiger partial charge in [0, 0.05) is 6.42 Å². The monoisotopic (exact) mass is 582 g/mol. The van der Waals surface area contributed by atoms with Gasteiger partial charge in [0.1, 0.15) is 6.10 Å². The van der Waals surface area contributed by atoms with Gasteiger partial charge in [-0.15, -0.1) is 0 Å². The van der Waals surface area contributed by atoms with E-state index in [2.05, 4.69) is 26.8 Å². The van der Waals surface area contributed by atoms with Crippen molar-refractivity contribution in [3.8, 4) is 0 Å². The fraction of sp³-hybridized carbons (Fsp3) is 0.710. The zero-order valence-electron chi connectivity index (χ0n) is 23.8. The second-order valence-corrected chi connectivity index (χ2v) is 14.9. The molecule has 1 aromatic carbocycles. The number of benzene rings is 1. The third-order valence-corrected chi connectivity index (χ3v) is 12.4. The zero-order chi connectivity index (χ0) is 29.1. The molecule has 0 N–H and O–H groups in total. The van der Waals surface area contributed by atoms with Gasteiger partial charge in [0.05, 0.1) is 11.5 Å². The first-order chi connectivity index (χ1) is 18.6. The first-order valence-electron chi connectivity index (χ1n) is 14.6. The Kier molecular flexibility index (Phi) is 7.73.